The largest absolute Gasteiger partial charge is 0.454 e. The number of piperidine rings is 1. The number of ether oxygens (including phenoxy) is 2. The Labute approximate surface area is 162 Å². The Morgan fingerprint density at radius 2 is 1.93 bits per heavy atom. The van der Waals surface area contributed by atoms with E-state index in [-0.39, 0.29) is 23.9 Å². The predicted molar refractivity (Wildman–Crippen MR) is 104 cm³/mol. The van der Waals surface area contributed by atoms with Crippen LogP contribution in [-0.2, 0) is 6.42 Å². The molecule has 2 aliphatic rings. The van der Waals surface area contributed by atoms with E-state index in [1.54, 1.807) is 12.1 Å². The Morgan fingerprint density at radius 3 is 2.70 bits per heavy atom. The molecule has 0 bridgehead atoms. The zero-order valence-corrected chi connectivity index (χ0v) is 16.4. The summed E-state index contributed by atoms with van der Waals surface area (Å²) in [7, 11) is 0. The maximum atomic E-state index is 12.9. The maximum Gasteiger partial charge on any atom is 0.263 e. The van der Waals surface area contributed by atoms with E-state index in [1.165, 1.54) is 23.8 Å². The molecule has 3 heterocycles. The number of benzene rings is 1. The van der Waals surface area contributed by atoms with E-state index in [0.29, 0.717) is 16.3 Å². The summed E-state index contributed by atoms with van der Waals surface area (Å²) in [5.41, 5.74) is 1.22. The lowest BCUT2D eigenvalue weighted by Crippen LogP contribution is -2.45. The molecule has 0 radical (unpaired) electrons. The van der Waals surface area contributed by atoms with Gasteiger partial charge >= 0.3 is 0 Å². The third-order valence-electron chi connectivity index (χ3n) is 5.30. The van der Waals surface area contributed by atoms with Crippen molar-refractivity contribution in [1.29, 1.82) is 0 Å². The van der Waals surface area contributed by atoms with E-state index < -0.39 is 0 Å². The van der Waals surface area contributed by atoms with Crippen LogP contribution in [0.4, 0.5) is 0 Å². The van der Waals surface area contributed by atoms with Crippen molar-refractivity contribution >= 4 is 23.0 Å². The van der Waals surface area contributed by atoms with Crippen LogP contribution in [0.3, 0.4) is 0 Å². The third-order valence-corrected chi connectivity index (χ3v) is 6.47. The Balaban J connectivity index is 1.47. The minimum Gasteiger partial charge on any atom is -0.454 e. The van der Waals surface area contributed by atoms with Crippen LogP contribution in [0.15, 0.2) is 30.3 Å². The number of likely N-dealkylation sites (tertiary alicyclic amines) is 1. The van der Waals surface area contributed by atoms with Gasteiger partial charge in [0.1, 0.15) is 0 Å². The third kappa shape index (κ3) is 3.72. The second kappa shape index (κ2) is 7.00. The molecule has 1 amide bonds. The van der Waals surface area contributed by atoms with E-state index in [1.807, 2.05) is 17.0 Å². The first-order chi connectivity index (χ1) is 12.9. The van der Waals surface area contributed by atoms with Gasteiger partial charge in [0.15, 0.2) is 17.3 Å². The molecular weight excluding hydrogens is 362 g/mol. The number of carbonyl (C=O) groups is 2. The number of amides is 1. The zero-order valence-electron chi connectivity index (χ0n) is 15.6. The number of Topliss-reactive ketones (excluding diaryl/α,β-unsaturated/α-hetero) is 1. The van der Waals surface area contributed by atoms with Crippen LogP contribution in [0, 0.1) is 5.41 Å². The van der Waals surface area contributed by atoms with Crippen molar-refractivity contribution in [2.75, 3.05) is 19.9 Å². The first kappa shape index (κ1) is 18.0. The smallest absolute Gasteiger partial charge is 0.263 e. The molecule has 1 aromatic carbocycles. The fourth-order valence-corrected chi connectivity index (χ4v) is 4.84. The Bertz CT molecular complexity index is 890. The molecule has 4 rings (SSSR count). The predicted octanol–water partition coefficient (Wildman–Crippen LogP) is 4.16. The first-order valence-electron chi connectivity index (χ1n) is 9.22. The molecule has 0 N–H and O–H groups in total. The SMILES string of the molecule is CC(=O)c1ccc(C(=O)N2CCC[C@@](C)(Cc3ccc4c(c3)OCO4)C2)s1. The van der Waals surface area contributed by atoms with Crippen LogP contribution in [0.2, 0.25) is 0 Å². The van der Waals surface area contributed by atoms with Gasteiger partial charge in [-0.2, -0.15) is 0 Å². The van der Waals surface area contributed by atoms with Crippen molar-refractivity contribution < 1.29 is 19.1 Å². The molecule has 1 atom stereocenters. The van der Waals surface area contributed by atoms with Crippen molar-refractivity contribution in [3.05, 3.63) is 45.6 Å². The molecule has 2 aliphatic heterocycles. The van der Waals surface area contributed by atoms with Gasteiger partial charge in [-0.3, -0.25) is 9.59 Å². The van der Waals surface area contributed by atoms with E-state index >= 15 is 0 Å². The van der Waals surface area contributed by atoms with Gasteiger partial charge in [-0.1, -0.05) is 13.0 Å². The van der Waals surface area contributed by atoms with E-state index in [0.717, 1.165) is 37.3 Å². The molecule has 1 aromatic heterocycles. The van der Waals surface area contributed by atoms with Gasteiger partial charge in [0.05, 0.1) is 9.75 Å². The van der Waals surface area contributed by atoms with Crippen LogP contribution < -0.4 is 9.47 Å². The zero-order chi connectivity index (χ0) is 19.0. The normalized spacial score (nSPS) is 21.3. The van der Waals surface area contributed by atoms with E-state index in [4.69, 9.17) is 9.47 Å². The van der Waals surface area contributed by atoms with Gasteiger partial charge in [-0.25, -0.2) is 0 Å². The minimum absolute atomic E-state index is 0.00495. The highest BCUT2D eigenvalue weighted by Crippen LogP contribution is 2.38. The van der Waals surface area contributed by atoms with Crippen LogP contribution >= 0.6 is 11.3 Å². The molecule has 1 fully saturated rings. The number of thiophene rings is 1. The number of hydrogen-bond acceptors (Lipinski definition) is 5. The Kier molecular flexibility index (Phi) is 4.68. The molecule has 6 heteroatoms. The summed E-state index contributed by atoms with van der Waals surface area (Å²) in [4.78, 5) is 27.6. The highest BCUT2D eigenvalue weighted by Gasteiger charge is 2.34. The van der Waals surface area contributed by atoms with Gasteiger partial charge < -0.3 is 14.4 Å². The fraction of sp³-hybridized carbons (Fsp3) is 0.429. The van der Waals surface area contributed by atoms with Crippen molar-refractivity contribution in [2.45, 2.75) is 33.1 Å². The number of fused-ring (bicyclic) bond motifs is 1. The molecule has 0 aliphatic carbocycles. The van der Waals surface area contributed by atoms with Gasteiger partial charge in [0.2, 0.25) is 6.79 Å². The van der Waals surface area contributed by atoms with Crippen LogP contribution in [-0.4, -0.2) is 36.5 Å². The molecule has 1 saturated heterocycles. The average molecular weight is 385 g/mol. The van der Waals surface area contributed by atoms with Crippen LogP contribution in [0.1, 0.15) is 51.6 Å². The summed E-state index contributed by atoms with van der Waals surface area (Å²) in [5.74, 6) is 1.63. The second-order valence-corrected chi connectivity index (χ2v) is 8.81. The van der Waals surface area contributed by atoms with Gasteiger partial charge in [0.25, 0.3) is 5.91 Å². The number of ketones is 1. The summed E-state index contributed by atoms with van der Waals surface area (Å²) in [6.07, 6.45) is 2.95. The highest BCUT2D eigenvalue weighted by atomic mass is 32.1. The average Bonchev–Trinajstić information content (AvgIpc) is 3.30. The molecule has 0 spiro atoms. The molecule has 27 heavy (non-hydrogen) atoms. The first-order valence-corrected chi connectivity index (χ1v) is 10.0. The maximum absolute atomic E-state index is 12.9. The monoisotopic (exact) mass is 385 g/mol. The minimum atomic E-state index is 0.00495. The van der Waals surface area contributed by atoms with E-state index in [2.05, 4.69) is 13.0 Å². The number of hydrogen-bond donors (Lipinski definition) is 0. The van der Waals surface area contributed by atoms with E-state index in [9.17, 15) is 9.59 Å². The molecule has 0 saturated carbocycles. The molecule has 0 unspecified atom stereocenters. The van der Waals surface area contributed by atoms with Gasteiger partial charge in [0, 0.05) is 13.1 Å². The quantitative estimate of drug-likeness (QED) is 0.742. The van der Waals surface area contributed by atoms with Crippen molar-refractivity contribution in [3.8, 4) is 11.5 Å². The Hall–Kier alpha value is -2.34. The van der Waals surface area contributed by atoms with Gasteiger partial charge in [-0.05, 0) is 61.4 Å². The number of rotatable bonds is 4. The lowest BCUT2D eigenvalue weighted by molar-refractivity contribution is 0.0555. The molecular formula is C21H23NO4S. The van der Waals surface area contributed by atoms with Crippen LogP contribution in [0.25, 0.3) is 0 Å². The van der Waals surface area contributed by atoms with Crippen LogP contribution in [0.5, 0.6) is 11.5 Å². The molecule has 142 valence electrons. The fourth-order valence-electron chi connectivity index (χ4n) is 3.97. The van der Waals surface area contributed by atoms with Crippen molar-refractivity contribution in [2.24, 2.45) is 5.41 Å². The molecule has 5 nitrogen and oxygen atoms in total. The summed E-state index contributed by atoms with van der Waals surface area (Å²) >= 11 is 1.29. The summed E-state index contributed by atoms with van der Waals surface area (Å²) in [6, 6.07) is 9.61. The number of nitrogens with zero attached hydrogens (tertiary/aromatic N) is 1. The van der Waals surface area contributed by atoms with Crippen molar-refractivity contribution in [3.63, 3.8) is 0 Å². The summed E-state index contributed by atoms with van der Waals surface area (Å²) in [5, 5.41) is 0. The lowest BCUT2D eigenvalue weighted by atomic mass is 9.77. The summed E-state index contributed by atoms with van der Waals surface area (Å²) in [6.45, 7) is 5.54. The number of carbonyl (C=O) groups excluding carboxylic acids is 2. The Morgan fingerprint density at radius 1 is 1.15 bits per heavy atom. The highest BCUT2D eigenvalue weighted by molar-refractivity contribution is 7.15. The van der Waals surface area contributed by atoms with Gasteiger partial charge in [-0.15, -0.1) is 11.3 Å². The summed E-state index contributed by atoms with van der Waals surface area (Å²) < 4.78 is 10.9. The molecule has 2 aromatic rings. The topological polar surface area (TPSA) is 55.8 Å². The second-order valence-electron chi connectivity index (χ2n) is 7.73. The lowest BCUT2D eigenvalue weighted by Gasteiger charge is -2.40. The standard InChI is InChI=1S/C21H23NO4S/c1-14(23)18-6-7-19(27-18)20(24)22-9-3-8-21(2,12-22)11-15-4-5-16-17(10-15)26-13-25-16/h4-7,10H,3,8-9,11-13H2,1-2H3/t21-/m0/s1. The van der Waals surface area contributed by atoms with Crippen molar-refractivity contribution in [1.82, 2.24) is 4.90 Å².